The molecule has 1 amide bonds. The molecule has 0 unspecified atom stereocenters. The number of hydrogen-bond acceptors (Lipinski definition) is 4. The fourth-order valence-corrected chi connectivity index (χ4v) is 0.961. The summed E-state index contributed by atoms with van der Waals surface area (Å²) in [7, 11) is 1.48. The Hall–Kier alpha value is -1.63. The van der Waals surface area contributed by atoms with E-state index in [-0.39, 0.29) is 5.92 Å². The molecule has 0 aromatic rings. The summed E-state index contributed by atoms with van der Waals surface area (Å²) in [4.78, 5) is 31.7. The minimum atomic E-state index is -0.963. The summed E-state index contributed by atoms with van der Waals surface area (Å²) in [6, 6.07) is -1.42. The van der Waals surface area contributed by atoms with Gasteiger partial charge >= 0.3 is 11.9 Å². The van der Waals surface area contributed by atoms with Gasteiger partial charge in [-0.15, -0.1) is 0 Å². The van der Waals surface area contributed by atoms with Crippen LogP contribution in [0, 0.1) is 5.92 Å². The van der Waals surface area contributed by atoms with Crippen LogP contribution in [0.5, 0.6) is 0 Å². The van der Waals surface area contributed by atoms with Crippen molar-refractivity contribution in [3.63, 3.8) is 0 Å². The largest absolute Gasteiger partial charge is 0.480 e. The molecule has 0 aromatic carbocycles. The highest BCUT2D eigenvalue weighted by molar-refractivity contribution is 5.76. The van der Waals surface area contributed by atoms with Crippen molar-refractivity contribution in [1.82, 2.24) is 4.90 Å². The van der Waals surface area contributed by atoms with Crippen LogP contribution in [0.2, 0.25) is 0 Å². The van der Waals surface area contributed by atoms with E-state index in [1.165, 1.54) is 18.9 Å². The highest BCUT2D eigenvalue weighted by atomic mass is 16.4. The molecular weight excluding hydrogens is 240 g/mol. The van der Waals surface area contributed by atoms with Gasteiger partial charge in [0.05, 0.1) is 0 Å². The highest BCUT2D eigenvalue weighted by Crippen LogP contribution is 2.08. The van der Waals surface area contributed by atoms with Gasteiger partial charge in [-0.2, -0.15) is 0 Å². The Morgan fingerprint density at radius 2 is 1.61 bits per heavy atom. The molecule has 4 N–H and O–H groups in total. The predicted molar refractivity (Wildman–Crippen MR) is 66.0 cm³/mol. The van der Waals surface area contributed by atoms with E-state index in [2.05, 4.69) is 0 Å². The number of rotatable bonds is 6. The molecule has 0 spiro atoms. The Morgan fingerprint density at radius 1 is 1.22 bits per heavy atom. The molecule has 0 saturated heterocycles. The monoisotopic (exact) mass is 262 g/mol. The summed E-state index contributed by atoms with van der Waals surface area (Å²) in [6.07, 6.45) is 1.03. The molecule has 0 bridgehead atoms. The minimum Gasteiger partial charge on any atom is -0.480 e. The molecule has 7 nitrogen and oxygen atoms in total. The van der Waals surface area contributed by atoms with Gasteiger partial charge in [-0.05, 0) is 19.3 Å². The van der Waals surface area contributed by atoms with Gasteiger partial charge in [-0.1, -0.05) is 13.8 Å². The highest BCUT2D eigenvalue weighted by Gasteiger charge is 2.22. The maximum Gasteiger partial charge on any atom is 0.326 e. The molecule has 18 heavy (non-hydrogen) atoms. The van der Waals surface area contributed by atoms with Crippen molar-refractivity contribution in [2.75, 3.05) is 7.05 Å². The Labute approximate surface area is 107 Å². The first-order valence-electron chi connectivity index (χ1n) is 5.51. The van der Waals surface area contributed by atoms with Crippen LogP contribution in [0.15, 0.2) is 0 Å². The number of carboxylic acids is 2. The number of nitrogens with zero attached hydrogens (tertiary/aromatic N) is 1. The molecule has 0 heterocycles. The van der Waals surface area contributed by atoms with Crippen molar-refractivity contribution >= 4 is 18.3 Å². The lowest BCUT2D eigenvalue weighted by atomic mass is 10.0. The Morgan fingerprint density at radius 3 is 1.78 bits per heavy atom. The van der Waals surface area contributed by atoms with Crippen molar-refractivity contribution in [2.24, 2.45) is 11.7 Å². The minimum absolute atomic E-state index is 0.272. The average molecular weight is 262 g/mol. The van der Waals surface area contributed by atoms with Crippen LogP contribution in [-0.4, -0.2) is 52.6 Å². The van der Waals surface area contributed by atoms with Gasteiger partial charge in [0.1, 0.15) is 12.1 Å². The maximum atomic E-state index is 10.6. The van der Waals surface area contributed by atoms with Gasteiger partial charge < -0.3 is 20.8 Å². The molecule has 106 valence electrons. The number of carbonyl (C=O) groups excluding carboxylic acids is 1. The van der Waals surface area contributed by atoms with Crippen molar-refractivity contribution in [1.29, 1.82) is 0 Å². The zero-order valence-electron chi connectivity index (χ0n) is 11.2. The van der Waals surface area contributed by atoms with Crippen molar-refractivity contribution in [2.45, 2.75) is 39.3 Å². The molecule has 0 saturated carbocycles. The predicted octanol–water partition coefficient (Wildman–Crippen LogP) is -0.00790. The summed E-state index contributed by atoms with van der Waals surface area (Å²) in [5.41, 5.74) is 4.84. The van der Waals surface area contributed by atoms with E-state index in [4.69, 9.17) is 15.9 Å². The first-order chi connectivity index (χ1) is 8.13. The fraction of sp³-hybridized carbons (Fsp3) is 0.727. The lowest BCUT2D eigenvalue weighted by molar-refractivity contribution is -0.146. The Balaban J connectivity index is 0. The second kappa shape index (κ2) is 9.41. The first-order valence-corrected chi connectivity index (χ1v) is 5.51. The third-order valence-corrected chi connectivity index (χ3v) is 2.03. The summed E-state index contributed by atoms with van der Waals surface area (Å²) in [5, 5.41) is 16.6. The lowest BCUT2D eigenvalue weighted by Crippen LogP contribution is -2.38. The van der Waals surface area contributed by atoms with E-state index in [1.54, 1.807) is 0 Å². The summed E-state index contributed by atoms with van der Waals surface area (Å²) >= 11 is 0. The lowest BCUT2D eigenvalue weighted by Gasteiger charge is -2.21. The summed E-state index contributed by atoms with van der Waals surface area (Å²) in [6.45, 7) is 5.27. The average Bonchev–Trinajstić information content (AvgIpc) is 2.25. The summed E-state index contributed by atoms with van der Waals surface area (Å²) in [5.74, 6) is -1.64. The second-order valence-electron chi connectivity index (χ2n) is 4.38. The van der Waals surface area contributed by atoms with Crippen LogP contribution < -0.4 is 5.73 Å². The molecule has 0 radical (unpaired) electrons. The number of nitrogens with two attached hydrogens (primary N) is 1. The number of carboxylic acid groups (broad SMARTS) is 2. The van der Waals surface area contributed by atoms with Gasteiger partial charge in [-0.3, -0.25) is 9.59 Å². The maximum absolute atomic E-state index is 10.6. The van der Waals surface area contributed by atoms with Crippen LogP contribution in [0.3, 0.4) is 0 Å². The topological polar surface area (TPSA) is 121 Å². The van der Waals surface area contributed by atoms with E-state index < -0.39 is 24.0 Å². The zero-order chi connectivity index (χ0) is 14.9. The van der Waals surface area contributed by atoms with Crippen LogP contribution in [0.25, 0.3) is 0 Å². The van der Waals surface area contributed by atoms with Crippen molar-refractivity contribution in [3.05, 3.63) is 0 Å². The molecule has 0 rings (SSSR count). The molecule has 0 aromatic heterocycles. The van der Waals surface area contributed by atoms with Crippen molar-refractivity contribution < 1.29 is 24.6 Å². The molecule has 2 atom stereocenters. The van der Waals surface area contributed by atoms with E-state index >= 15 is 0 Å². The van der Waals surface area contributed by atoms with Gasteiger partial charge in [0.25, 0.3) is 0 Å². The number of carbonyl (C=O) groups is 3. The van der Waals surface area contributed by atoms with Gasteiger partial charge in [-0.25, -0.2) is 4.79 Å². The van der Waals surface area contributed by atoms with Crippen LogP contribution in [0.4, 0.5) is 0 Å². The van der Waals surface area contributed by atoms with Gasteiger partial charge in [0, 0.05) is 7.05 Å². The third kappa shape index (κ3) is 9.59. The number of amides is 1. The van der Waals surface area contributed by atoms with Crippen LogP contribution >= 0.6 is 0 Å². The van der Waals surface area contributed by atoms with E-state index in [0.29, 0.717) is 12.8 Å². The van der Waals surface area contributed by atoms with Gasteiger partial charge in [0.2, 0.25) is 6.41 Å². The molecule has 0 aliphatic carbocycles. The Kier molecular flexibility index (Phi) is 9.79. The van der Waals surface area contributed by atoms with E-state index in [9.17, 15) is 14.4 Å². The standard InChI is InChI=1S/C8H15NO3.C3H7NO2/c1-6(2)4-7(8(11)12)9(3)5-10;1-2(4)3(5)6/h5-7H,4H2,1-3H3,(H,11,12);2H,4H2,1H3,(H,5,6)/t7-;2-/m00/s1. The van der Waals surface area contributed by atoms with Crippen LogP contribution in [-0.2, 0) is 14.4 Å². The summed E-state index contributed by atoms with van der Waals surface area (Å²) < 4.78 is 0. The smallest absolute Gasteiger partial charge is 0.326 e. The van der Waals surface area contributed by atoms with E-state index in [0.717, 1.165) is 0 Å². The Bertz CT molecular complexity index is 279. The van der Waals surface area contributed by atoms with E-state index in [1.807, 2.05) is 13.8 Å². The zero-order valence-corrected chi connectivity index (χ0v) is 11.2. The molecular formula is C11H22N2O5. The second-order valence-corrected chi connectivity index (χ2v) is 4.38. The van der Waals surface area contributed by atoms with Crippen LogP contribution in [0.1, 0.15) is 27.2 Å². The quantitative estimate of drug-likeness (QED) is 0.579. The number of likely N-dealkylation sites (N-methyl/N-ethyl adjacent to an activating group) is 1. The van der Waals surface area contributed by atoms with Crippen molar-refractivity contribution in [3.8, 4) is 0 Å². The fourth-order valence-electron chi connectivity index (χ4n) is 0.961. The molecule has 0 aliphatic heterocycles. The molecule has 7 heteroatoms. The molecule has 0 aliphatic rings. The number of hydrogen-bond donors (Lipinski definition) is 3. The van der Waals surface area contributed by atoms with Gasteiger partial charge in [0.15, 0.2) is 0 Å². The number of aliphatic carboxylic acids is 2. The normalized spacial score (nSPS) is 13.0. The first kappa shape index (κ1) is 18.7. The third-order valence-electron chi connectivity index (χ3n) is 2.03. The SMILES string of the molecule is CC(C)C[C@@H](C(=O)O)N(C)C=O.C[C@H](N)C(=O)O. The molecule has 0 fully saturated rings.